The zero-order valence-corrected chi connectivity index (χ0v) is 45.1. The molecule has 25 heteroatoms. The van der Waals surface area contributed by atoms with Gasteiger partial charge in [-0.25, -0.2) is 14.5 Å². The van der Waals surface area contributed by atoms with Gasteiger partial charge in [-0.15, -0.1) is 20.4 Å². The molecule has 388 valence electrons. The van der Waals surface area contributed by atoms with Crippen molar-refractivity contribution in [3.63, 3.8) is 0 Å². The van der Waals surface area contributed by atoms with Gasteiger partial charge in [0.2, 0.25) is 10.3 Å². The average Bonchev–Trinajstić information content (AvgIpc) is 4.23. The lowest BCUT2D eigenvalue weighted by atomic mass is 10.1. The molecule has 9 aromatic rings. The molecule has 3 N–H and O–H groups in total. The van der Waals surface area contributed by atoms with Gasteiger partial charge in [0.15, 0.2) is 0 Å². The fourth-order valence-corrected chi connectivity index (χ4v) is 9.55. The number of halogens is 2. The topological polar surface area (TPSA) is 243 Å². The fraction of sp³-hybridized carbons (Fsp3) is 0.216. The van der Waals surface area contributed by atoms with Crippen molar-refractivity contribution in [3.05, 3.63) is 136 Å². The summed E-state index contributed by atoms with van der Waals surface area (Å²) in [5.74, 6) is -0.533. The van der Waals surface area contributed by atoms with Crippen LogP contribution in [-0.4, -0.2) is 91.2 Å². The number of carbonyl (C=O) groups excluding carboxylic acids is 4. The maximum Gasteiger partial charge on any atom is 0.435 e. The highest BCUT2D eigenvalue weighted by molar-refractivity contribution is 7.19. The lowest BCUT2D eigenvalue weighted by Crippen LogP contribution is -2.34. The van der Waals surface area contributed by atoms with Crippen molar-refractivity contribution in [2.45, 2.75) is 59.3 Å². The molecule has 0 atom stereocenters. The number of ether oxygens (including phenoxy) is 2. The quantitative estimate of drug-likeness (QED) is 0.115. The van der Waals surface area contributed by atoms with E-state index in [9.17, 15) is 19.2 Å². The van der Waals surface area contributed by atoms with Crippen LogP contribution < -0.4 is 20.9 Å². The second-order valence-electron chi connectivity index (χ2n) is 19.0. The first kappa shape index (κ1) is 52.5. The Balaban J connectivity index is 0.000000198. The number of aromatic nitrogens is 10. The lowest BCUT2D eigenvalue weighted by Gasteiger charge is -2.26. The average molecular weight is 1100 g/mol. The van der Waals surface area contributed by atoms with E-state index in [1.54, 1.807) is 114 Å². The third-order valence-electron chi connectivity index (χ3n) is 10.7. The molecule has 1 aliphatic rings. The molecule has 6 heterocycles. The number of anilines is 6. The molecular weight excluding hydrogens is 1050 g/mol. The van der Waals surface area contributed by atoms with Crippen LogP contribution in [0.1, 0.15) is 73.4 Å². The molecule has 0 bridgehead atoms. The zero-order chi connectivity index (χ0) is 54.1. The van der Waals surface area contributed by atoms with Crippen molar-refractivity contribution in [1.82, 2.24) is 49.7 Å². The molecule has 0 aliphatic carbocycles. The summed E-state index contributed by atoms with van der Waals surface area (Å²) in [6, 6.07) is 21.7. The number of nitrogens with zero attached hydrogens (tertiary/aromatic N) is 12. The number of amides is 3. The molecule has 0 fully saturated rings. The van der Waals surface area contributed by atoms with E-state index in [4.69, 9.17) is 32.7 Å². The van der Waals surface area contributed by atoms with Crippen LogP contribution in [0.25, 0.3) is 32.0 Å². The van der Waals surface area contributed by atoms with Gasteiger partial charge in [0, 0.05) is 66.2 Å². The van der Waals surface area contributed by atoms with Gasteiger partial charge in [0.1, 0.15) is 21.2 Å². The van der Waals surface area contributed by atoms with Crippen molar-refractivity contribution in [2.24, 2.45) is 19.1 Å². The van der Waals surface area contributed by atoms with Crippen LogP contribution in [0.2, 0.25) is 10.0 Å². The number of rotatable bonds is 10. The van der Waals surface area contributed by atoms with Gasteiger partial charge in [-0.2, -0.15) is 20.0 Å². The third kappa shape index (κ3) is 12.1. The predicted octanol–water partition coefficient (Wildman–Crippen LogP) is 11.6. The van der Waals surface area contributed by atoms with Crippen molar-refractivity contribution in [1.29, 1.82) is 0 Å². The zero-order valence-electron chi connectivity index (χ0n) is 42.0. The first-order chi connectivity index (χ1) is 36.2. The molecule has 0 unspecified atom stereocenters. The molecule has 1 aliphatic heterocycles. The summed E-state index contributed by atoms with van der Waals surface area (Å²) >= 11 is 15.9. The van der Waals surface area contributed by atoms with Crippen LogP contribution in [0.5, 0.6) is 0 Å². The Bertz CT molecular complexity index is 3720. The SMILES string of the molecule is Cn1cc(C(=O)Nc2cccc(-c3nnc(N(C(=O)OC(C)(C)C)c4ccc5c(cnn5C(=O)OC(C)(C)C)c4Cl)s3)c2)cn1.Cn1cc(C(=O)Nc2cccc(-c3nnc(Nc4ccc5c(c4Cl)C=NC5)s3)c2)cn1. The van der Waals surface area contributed by atoms with Crippen LogP contribution >= 0.6 is 45.9 Å². The van der Waals surface area contributed by atoms with Crippen LogP contribution in [-0.2, 0) is 30.1 Å². The van der Waals surface area contributed by atoms with Crippen molar-refractivity contribution in [2.75, 3.05) is 20.9 Å². The molecule has 10 rings (SSSR count). The van der Waals surface area contributed by atoms with Gasteiger partial charge in [-0.1, -0.05) is 76.2 Å². The fourth-order valence-electron chi connectivity index (χ4n) is 7.38. The minimum atomic E-state index is -0.832. The summed E-state index contributed by atoms with van der Waals surface area (Å²) in [7, 11) is 3.50. The molecule has 21 nitrogen and oxygen atoms in total. The number of benzene rings is 4. The number of carbonyl (C=O) groups is 4. The van der Waals surface area contributed by atoms with E-state index >= 15 is 0 Å². The second kappa shape index (κ2) is 21.5. The van der Waals surface area contributed by atoms with Gasteiger partial charge in [-0.05, 0) is 89.6 Å². The molecule has 76 heavy (non-hydrogen) atoms. The number of aliphatic imine (C=N–C) groups is 1. The molecule has 4 aromatic carbocycles. The van der Waals surface area contributed by atoms with Gasteiger partial charge in [-0.3, -0.25) is 23.9 Å². The maximum atomic E-state index is 13.6. The van der Waals surface area contributed by atoms with Crippen molar-refractivity contribution < 1.29 is 28.7 Å². The van der Waals surface area contributed by atoms with Crippen molar-refractivity contribution in [3.8, 4) is 21.1 Å². The smallest absolute Gasteiger partial charge is 0.435 e. The summed E-state index contributed by atoms with van der Waals surface area (Å²) in [4.78, 5) is 56.9. The van der Waals surface area contributed by atoms with Crippen molar-refractivity contribution >= 4 is 120 Å². The summed E-state index contributed by atoms with van der Waals surface area (Å²) in [5, 5.41) is 41.5. The van der Waals surface area contributed by atoms with Crippen LogP contribution in [0.4, 0.5) is 42.6 Å². The van der Waals surface area contributed by atoms with E-state index in [-0.39, 0.29) is 27.7 Å². The minimum Gasteiger partial charge on any atom is -0.443 e. The highest BCUT2D eigenvalue weighted by Gasteiger charge is 2.31. The van der Waals surface area contributed by atoms with E-state index in [1.165, 1.54) is 34.8 Å². The number of nitrogens with one attached hydrogen (secondary N) is 3. The molecule has 0 saturated carbocycles. The Morgan fingerprint density at radius 2 is 1.29 bits per heavy atom. The summed E-state index contributed by atoms with van der Waals surface area (Å²) in [6.45, 7) is 11.2. The Morgan fingerprint density at radius 3 is 1.88 bits per heavy atom. The Labute approximate surface area is 452 Å². The highest BCUT2D eigenvalue weighted by Crippen LogP contribution is 2.41. The second-order valence-corrected chi connectivity index (χ2v) is 21.6. The molecule has 0 spiro atoms. The first-order valence-corrected chi connectivity index (χ1v) is 25.5. The lowest BCUT2D eigenvalue weighted by molar-refractivity contribution is 0.0520. The Hall–Kier alpha value is -8.38. The van der Waals surface area contributed by atoms with Gasteiger partial charge in [0.05, 0.1) is 63.2 Å². The largest absolute Gasteiger partial charge is 0.443 e. The molecule has 3 amide bonds. The van der Waals surface area contributed by atoms with Crippen LogP contribution in [0.15, 0.2) is 109 Å². The Kier molecular flexibility index (Phi) is 14.8. The van der Waals surface area contributed by atoms with E-state index in [0.29, 0.717) is 60.7 Å². The minimum absolute atomic E-state index is 0.144. The van der Waals surface area contributed by atoms with E-state index in [1.807, 2.05) is 42.5 Å². The predicted molar refractivity (Wildman–Crippen MR) is 294 cm³/mol. The van der Waals surface area contributed by atoms with Crippen LogP contribution in [0, 0.1) is 0 Å². The van der Waals surface area contributed by atoms with Gasteiger partial charge >= 0.3 is 12.2 Å². The number of hydrogen-bond donors (Lipinski definition) is 3. The summed E-state index contributed by atoms with van der Waals surface area (Å²) in [5.41, 5.74) is 5.51. The van der Waals surface area contributed by atoms with E-state index in [0.717, 1.165) is 43.4 Å². The standard InChI is InChI=1S/C30H31ClN8O5S.C21H16ClN7OS/c1-29(2,3)43-27(41)38(22-12-11-21-20(23(22)31)15-33-39(21)28(42)44-30(4,5)6)26-36-35-25(45-26)17-9-8-10-19(13-17)34-24(40)18-14-32-37(7)16-18;1-29-11-14(9-24-29)19(30)25-15-4-2-3-12(7-15)20-27-28-21(31-20)26-17-6-5-13-8-23-10-16(13)18(17)22/h8-16H,1-7H3,(H,34,40);2-7,9-11H,8H2,1H3,(H,25,30)(H,26,28). The first-order valence-electron chi connectivity index (χ1n) is 23.1. The maximum absolute atomic E-state index is 13.6. The normalized spacial score (nSPS) is 11.9. The Morgan fingerprint density at radius 1 is 0.684 bits per heavy atom. The number of fused-ring (bicyclic) bond motifs is 2. The summed E-state index contributed by atoms with van der Waals surface area (Å²) in [6.07, 6.45) is 8.10. The van der Waals surface area contributed by atoms with E-state index < -0.39 is 23.4 Å². The molecule has 5 aromatic heterocycles. The summed E-state index contributed by atoms with van der Waals surface area (Å²) < 4.78 is 15.4. The molecular formula is C51H47Cl2N15O6S2. The highest BCUT2D eigenvalue weighted by atomic mass is 35.5. The van der Waals surface area contributed by atoms with Gasteiger partial charge < -0.3 is 25.4 Å². The third-order valence-corrected chi connectivity index (χ3v) is 13.4. The van der Waals surface area contributed by atoms with E-state index in [2.05, 4.69) is 56.6 Å². The molecule has 0 radical (unpaired) electrons. The monoisotopic (exact) mass is 1100 g/mol. The molecule has 0 saturated heterocycles. The number of hydrogen-bond acceptors (Lipinski definition) is 17. The van der Waals surface area contributed by atoms with Crippen LogP contribution in [0.3, 0.4) is 0 Å². The van der Waals surface area contributed by atoms with Gasteiger partial charge in [0.25, 0.3) is 11.8 Å². The number of aryl methyl sites for hydroxylation is 2.